The molecule has 0 unspecified atom stereocenters. The Kier molecular flexibility index (Phi) is 36.4. The Bertz CT molecular complexity index is 1010. The summed E-state index contributed by atoms with van der Waals surface area (Å²) >= 11 is 0. The second kappa shape index (κ2) is 37.6. The first-order valence-electron chi connectivity index (χ1n) is 21.9. The fraction of sp³-hybridized carbons (Fsp3) is 0.860. The number of amides is 1. The number of hydrazine groups is 1. The molecule has 0 aromatic rings. The van der Waals surface area contributed by atoms with E-state index in [1.165, 1.54) is 180 Å². The molecule has 1 rings (SSSR count). The first-order valence-corrected chi connectivity index (χ1v) is 23.2. The Morgan fingerprint density at radius 1 is 0.654 bits per heavy atom. The van der Waals surface area contributed by atoms with Crippen molar-refractivity contribution in [1.82, 2.24) is 10.3 Å². The van der Waals surface area contributed by atoms with Gasteiger partial charge >= 0.3 is 0 Å². The third kappa shape index (κ3) is 34.1. The van der Waals surface area contributed by atoms with Crippen LogP contribution in [-0.2, 0) is 19.4 Å². The van der Waals surface area contributed by atoms with E-state index in [1.807, 2.05) is 0 Å². The highest BCUT2D eigenvalue weighted by atomic mass is 32.3. The van der Waals surface area contributed by atoms with Crippen molar-refractivity contribution in [1.29, 1.82) is 0 Å². The number of nitrogens with one attached hydrogen (secondary N) is 1. The number of allylic oxidation sites excluding steroid dienone is 4. The van der Waals surface area contributed by atoms with E-state index in [9.17, 15) is 17.8 Å². The van der Waals surface area contributed by atoms with Gasteiger partial charge in [0.2, 0.25) is 10.4 Å². The van der Waals surface area contributed by atoms with E-state index >= 15 is 0 Å². The average Bonchev–Trinajstić information content (AvgIpc) is 3.50. The Hall–Kier alpha value is -1.71. The van der Waals surface area contributed by atoms with Crippen LogP contribution in [0, 0.1) is 0 Å². The fourth-order valence-corrected chi connectivity index (χ4v) is 6.93. The Morgan fingerprint density at radius 2 is 1.06 bits per heavy atom. The van der Waals surface area contributed by atoms with E-state index in [1.54, 1.807) is 0 Å². The van der Waals surface area contributed by atoms with Gasteiger partial charge in [-0.1, -0.05) is 147 Å². The van der Waals surface area contributed by atoms with Crippen molar-refractivity contribution in [3.8, 4) is 0 Å². The topological polar surface area (TPSA) is 102 Å². The van der Waals surface area contributed by atoms with Crippen LogP contribution in [-0.4, -0.2) is 60.5 Å². The van der Waals surface area contributed by atoms with Gasteiger partial charge in [-0.25, -0.2) is 8.42 Å². The number of unbranched alkanes of at least 4 members (excludes halogenated alkanes) is 23. The molecule has 0 bridgehead atoms. The number of hydrogen-bond acceptors (Lipinski definition) is 6. The predicted octanol–water partition coefficient (Wildman–Crippen LogP) is 11.7. The molecule has 0 aromatic heterocycles. The third-order valence-corrected chi connectivity index (χ3v) is 10.3. The molecule has 1 aliphatic rings. The molecule has 9 heteroatoms. The molecule has 1 aliphatic heterocycles. The van der Waals surface area contributed by atoms with Crippen molar-refractivity contribution in [2.45, 2.75) is 214 Å². The van der Waals surface area contributed by atoms with Crippen LogP contribution in [0.1, 0.15) is 214 Å². The summed E-state index contributed by atoms with van der Waals surface area (Å²) in [6.45, 7) is 11.1. The maximum atomic E-state index is 12.7. The van der Waals surface area contributed by atoms with Crippen LogP contribution < -0.4 is 5.43 Å². The number of hydrogen-bond donors (Lipinski definition) is 1. The molecule has 1 amide bonds. The lowest BCUT2D eigenvalue weighted by molar-refractivity contribution is -0.566. The molecule has 1 heterocycles. The van der Waals surface area contributed by atoms with Crippen molar-refractivity contribution in [2.24, 2.45) is 0 Å². The molecule has 0 atom stereocenters. The largest absolute Gasteiger partial charge is 0.726 e. The number of carbonyl (C=O) groups is 1. The number of hydrazone groups is 1. The minimum atomic E-state index is -4.42. The second-order valence-corrected chi connectivity index (χ2v) is 15.6. The monoisotopic (exact) mass is 754 g/mol. The molecule has 0 radical (unpaired) electrons. The molecule has 0 spiro atoms. The van der Waals surface area contributed by atoms with Crippen molar-refractivity contribution in [2.75, 3.05) is 26.2 Å². The minimum Gasteiger partial charge on any atom is -0.726 e. The third-order valence-electron chi connectivity index (χ3n) is 9.75. The highest BCUT2D eigenvalue weighted by Crippen LogP contribution is 2.14. The average molecular weight is 754 g/mol. The van der Waals surface area contributed by atoms with Gasteiger partial charge in [-0.3, -0.25) is 13.9 Å². The second-order valence-electron chi connectivity index (χ2n) is 14.5. The smallest absolute Gasteiger partial charge is 0.270 e. The summed E-state index contributed by atoms with van der Waals surface area (Å²) in [7, 11) is -4.42. The van der Waals surface area contributed by atoms with E-state index in [2.05, 4.69) is 64.3 Å². The molecular weight excluding hydrogens is 671 g/mol. The van der Waals surface area contributed by atoms with Crippen molar-refractivity contribution in [3.05, 3.63) is 24.3 Å². The number of rotatable bonds is 35. The van der Waals surface area contributed by atoms with Gasteiger partial charge in [0.1, 0.15) is 13.1 Å². The standard InChI is InChI=1S/C41H77N3O.C2H6O4S/c1-4-7-9-11-13-15-17-19-21-23-25-27-29-31-33-35-37-41-43(6-3)38-39-44(41)42-40(45)36-34-32-30-28-26-24-22-20-18-16-14-12-10-8-5-2;1-2-6-7(3,4)5/h19-22H,4-18,23-39H2,1-3H3;2H2,1H3,(H,3,4,5)/b21-19-,22-20-;. The SMILES string of the molecule is CCCCCCCC/C=C\CCCCCCCCC1=[N+](NC(=O)CCCCCCC/C=C\CCCCCCCC)CCN1CC.CCOS(=O)(=O)[O-]. The summed E-state index contributed by atoms with van der Waals surface area (Å²) in [6, 6.07) is 0. The van der Waals surface area contributed by atoms with Gasteiger partial charge in [0.05, 0.1) is 19.6 Å². The number of amidine groups is 1. The molecule has 8 nitrogen and oxygen atoms in total. The number of nitrogens with zero attached hydrogens (tertiary/aromatic N) is 2. The molecular formula is C43H83N3O5S. The molecule has 0 saturated carbocycles. The Labute approximate surface area is 322 Å². The first-order chi connectivity index (χ1) is 25.3. The summed E-state index contributed by atoms with van der Waals surface area (Å²) in [5.74, 6) is 1.54. The number of carbonyl (C=O) groups excluding carboxylic acids is 1. The maximum absolute atomic E-state index is 12.7. The highest BCUT2D eigenvalue weighted by Gasteiger charge is 2.29. The van der Waals surface area contributed by atoms with Crippen LogP contribution in [0.15, 0.2) is 24.3 Å². The van der Waals surface area contributed by atoms with E-state index in [4.69, 9.17) is 0 Å². The minimum absolute atomic E-state index is 0.0914. The van der Waals surface area contributed by atoms with Gasteiger partial charge in [0.25, 0.3) is 11.7 Å². The van der Waals surface area contributed by atoms with Crippen LogP contribution in [0.5, 0.6) is 0 Å². The number of likely N-dealkylation sites (N-methyl/N-ethyl adjacent to an activating group) is 1. The van der Waals surface area contributed by atoms with Crippen LogP contribution >= 0.6 is 0 Å². The van der Waals surface area contributed by atoms with Crippen LogP contribution in [0.25, 0.3) is 0 Å². The van der Waals surface area contributed by atoms with Crippen molar-refractivity contribution >= 4 is 22.1 Å². The van der Waals surface area contributed by atoms with Gasteiger partial charge in [-0.2, -0.15) is 10.1 Å². The Balaban J connectivity index is 0.00000335. The first kappa shape index (κ1) is 50.3. The fourth-order valence-electron chi connectivity index (χ4n) is 6.64. The summed E-state index contributed by atoms with van der Waals surface area (Å²) in [4.78, 5) is 15.2. The van der Waals surface area contributed by atoms with E-state index in [0.29, 0.717) is 6.42 Å². The van der Waals surface area contributed by atoms with Crippen LogP contribution in [0.2, 0.25) is 0 Å². The normalized spacial score (nSPS) is 13.4. The van der Waals surface area contributed by atoms with Crippen molar-refractivity contribution < 1.29 is 26.6 Å². The lowest BCUT2D eigenvalue weighted by atomic mass is 10.1. The van der Waals surface area contributed by atoms with Crippen LogP contribution in [0.4, 0.5) is 0 Å². The molecule has 52 heavy (non-hydrogen) atoms. The lowest BCUT2D eigenvalue weighted by Gasteiger charge is -2.11. The Morgan fingerprint density at radius 3 is 1.44 bits per heavy atom. The molecule has 0 saturated heterocycles. The summed E-state index contributed by atoms with van der Waals surface area (Å²) < 4.78 is 34.2. The van der Waals surface area contributed by atoms with Gasteiger partial charge in [0.15, 0.2) is 0 Å². The quantitative estimate of drug-likeness (QED) is 0.0227. The predicted molar refractivity (Wildman–Crippen MR) is 220 cm³/mol. The summed E-state index contributed by atoms with van der Waals surface area (Å²) in [5, 5.41) is 0. The van der Waals surface area contributed by atoms with Crippen LogP contribution in [0.3, 0.4) is 0 Å². The van der Waals surface area contributed by atoms with Crippen molar-refractivity contribution in [3.63, 3.8) is 0 Å². The maximum Gasteiger partial charge on any atom is 0.270 e. The van der Waals surface area contributed by atoms with Gasteiger partial charge in [-0.05, 0) is 78.1 Å². The van der Waals surface area contributed by atoms with E-state index < -0.39 is 10.4 Å². The van der Waals surface area contributed by atoms with E-state index in [-0.39, 0.29) is 12.5 Å². The van der Waals surface area contributed by atoms with Gasteiger partial charge < -0.3 is 4.55 Å². The molecule has 0 aromatic carbocycles. The van der Waals surface area contributed by atoms with Gasteiger partial charge in [0, 0.05) is 6.42 Å². The molecule has 0 fully saturated rings. The zero-order chi connectivity index (χ0) is 38.4. The molecule has 0 aliphatic carbocycles. The zero-order valence-corrected chi connectivity index (χ0v) is 35.3. The molecule has 1 N–H and O–H groups in total. The lowest BCUT2D eigenvalue weighted by Crippen LogP contribution is -2.38. The molecule has 306 valence electrons. The zero-order valence-electron chi connectivity index (χ0n) is 34.5. The summed E-state index contributed by atoms with van der Waals surface area (Å²) in [6.07, 6.45) is 46.9. The highest BCUT2D eigenvalue weighted by molar-refractivity contribution is 7.80. The van der Waals surface area contributed by atoms with Gasteiger partial charge in [-0.15, -0.1) is 0 Å². The van der Waals surface area contributed by atoms with E-state index in [0.717, 1.165) is 32.5 Å². The summed E-state index contributed by atoms with van der Waals surface area (Å²) in [5.41, 5.74) is 3.25.